The first-order chi connectivity index (χ1) is 8.62. The Labute approximate surface area is 116 Å². The summed E-state index contributed by atoms with van der Waals surface area (Å²) in [7, 11) is 1.70. The van der Waals surface area contributed by atoms with Crippen molar-refractivity contribution in [3.05, 3.63) is 0 Å². The minimum Gasteiger partial charge on any atom is -0.458 e. The maximum Gasteiger partial charge on any atom is 0.329 e. The van der Waals surface area contributed by atoms with Crippen molar-refractivity contribution in [3.63, 3.8) is 0 Å². The van der Waals surface area contributed by atoms with E-state index in [2.05, 4.69) is 10.6 Å². The van der Waals surface area contributed by atoms with E-state index in [0.29, 0.717) is 0 Å². The number of nitrogens with one attached hydrogen (secondary N) is 2. The lowest BCUT2D eigenvalue weighted by Gasteiger charge is -2.28. The van der Waals surface area contributed by atoms with Gasteiger partial charge in [0.05, 0.1) is 6.04 Å². The van der Waals surface area contributed by atoms with Gasteiger partial charge in [0, 0.05) is 0 Å². The van der Waals surface area contributed by atoms with Crippen molar-refractivity contribution >= 4 is 11.9 Å². The van der Waals surface area contributed by atoms with Gasteiger partial charge in [-0.25, -0.2) is 4.79 Å². The van der Waals surface area contributed by atoms with E-state index < -0.39 is 11.6 Å². The van der Waals surface area contributed by atoms with Gasteiger partial charge in [0.25, 0.3) is 0 Å². The molecule has 0 spiro atoms. The van der Waals surface area contributed by atoms with Crippen molar-refractivity contribution in [2.75, 3.05) is 7.05 Å². The maximum absolute atomic E-state index is 12.1. The zero-order chi connectivity index (χ0) is 15.2. The lowest BCUT2D eigenvalue weighted by Crippen LogP contribution is -2.52. The van der Waals surface area contributed by atoms with E-state index in [1.165, 1.54) is 0 Å². The summed E-state index contributed by atoms with van der Waals surface area (Å²) in [6.07, 6.45) is 0.790. The number of hydrogen-bond donors (Lipinski definition) is 2. The molecule has 19 heavy (non-hydrogen) atoms. The second kappa shape index (κ2) is 7.48. The SMILES string of the molecule is CC[C@H](C)[C@H](NC(=O)[C@H](C)NC)C(=O)OC(C)(C)C. The molecule has 0 radical (unpaired) electrons. The predicted octanol–water partition coefficient (Wildman–Crippen LogP) is 1.47. The molecule has 0 unspecified atom stereocenters. The van der Waals surface area contributed by atoms with E-state index in [0.717, 1.165) is 6.42 Å². The van der Waals surface area contributed by atoms with Crippen molar-refractivity contribution in [2.24, 2.45) is 5.92 Å². The number of hydrogen-bond acceptors (Lipinski definition) is 4. The normalized spacial score (nSPS) is 16.4. The number of likely N-dealkylation sites (N-methyl/N-ethyl adjacent to an activating group) is 1. The van der Waals surface area contributed by atoms with Gasteiger partial charge in [-0.15, -0.1) is 0 Å². The van der Waals surface area contributed by atoms with E-state index in [-0.39, 0.29) is 23.8 Å². The third-order valence-electron chi connectivity index (χ3n) is 3.00. The molecule has 1 amide bonds. The molecule has 0 aliphatic rings. The van der Waals surface area contributed by atoms with Gasteiger partial charge in [-0.2, -0.15) is 0 Å². The van der Waals surface area contributed by atoms with E-state index in [1.807, 2.05) is 34.6 Å². The number of esters is 1. The molecule has 0 aliphatic heterocycles. The highest BCUT2D eigenvalue weighted by molar-refractivity contribution is 5.87. The molecule has 0 rings (SSSR count). The van der Waals surface area contributed by atoms with E-state index in [4.69, 9.17) is 4.74 Å². The van der Waals surface area contributed by atoms with Crippen LogP contribution in [0.1, 0.15) is 48.0 Å². The summed E-state index contributed by atoms with van der Waals surface area (Å²) >= 11 is 0. The zero-order valence-electron chi connectivity index (χ0n) is 13.2. The topological polar surface area (TPSA) is 67.4 Å². The Kier molecular flexibility index (Phi) is 7.05. The summed E-state index contributed by atoms with van der Waals surface area (Å²) < 4.78 is 5.36. The highest BCUT2D eigenvalue weighted by Gasteiger charge is 2.31. The van der Waals surface area contributed by atoms with Crippen molar-refractivity contribution in [1.29, 1.82) is 0 Å². The fourth-order valence-electron chi connectivity index (χ4n) is 1.44. The predicted molar refractivity (Wildman–Crippen MR) is 75.8 cm³/mol. The van der Waals surface area contributed by atoms with Gasteiger partial charge in [0.1, 0.15) is 11.6 Å². The van der Waals surface area contributed by atoms with Gasteiger partial charge in [-0.05, 0) is 40.7 Å². The molecule has 0 aromatic heterocycles. The molecular weight excluding hydrogens is 244 g/mol. The van der Waals surface area contributed by atoms with Gasteiger partial charge in [0.2, 0.25) is 5.91 Å². The average molecular weight is 272 g/mol. The summed E-state index contributed by atoms with van der Waals surface area (Å²) in [5, 5.41) is 5.61. The monoisotopic (exact) mass is 272 g/mol. The van der Waals surface area contributed by atoms with Crippen LogP contribution < -0.4 is 10.6 Å². The van der Waals surface area contributed by atoms with Crippen LogP contribution in [-0.4, -0.2) is 36.6 Å². The summed E-state index contributed by atoms with van der Waals surface area (Å²) in [6.45, 7) is 11.1. The smallest absolute Gasteiger partial charge is 0.329 e. The van der Waals surface area contributed by atoms with Crippen LogP contribution in [0.5, 0.6) is 0 Å². The second-order valence-electron chi connectivity index (χ2n) is 5.92. The van der Waals surface area contributed by atoms with Crippen LogP contribution in [0, 0.1) is 5.92 Å². The Morgan fingerprint density at radius 1 is 1.21 bits per heavy atom. The zero-order valence-corrected chi connectivity index (χ0v) is 13.2. The molecule has 0 fully saturated rings. The Balaban J connectivity index is 4.82. The number of ether oxygens (including phenoxy) is 1. The molecule has 0 aromatic rings. The molecule has 112 valence electrons. The van der Waals surface area contributed by atoms with Crippen molar-refractivity contribution in [1.82, 2.24) is 10.6 Å². The number of amides is 1. The van der Waals surface area contributed by atoms with Gasteiger partial charge in [-0.3, -0.25) is 4.79 Å². The first-order valence-corrected chi connectivity index (χ1v) is 6.82. The number of carbonyl (C=O) groups excluding carboxylic acids is 2. The Morgan fingerprint density at radius 2 is 1.74 bits per heavy atom. The molecule has 5 heteroatoms. The second-order valence-corrected chi connectivity index (χ2v) is 5.92. The third kappa shape index (κ3) is 6.57. The molecule has 0 saturated heterocycles. The molecule has 0 heterocycles. The molecule has 0 saturated carbocycles. The molecule has 0 aromatic carbocycles. The molecule has 0 bridgehead atoms. The summed E-state index contributed by atoms with van der Waals surface area (Å²) in [5.74, 6) is -0.542. The first-order valence-electron chi connectivity index (χ1n) is 6.82. The van der Waals surface area contributed by atoms with E-state index in [1.54, 1.807) is 14.0 Å². The molecular formula is C14H28N2O3. The van der Waals surface area contributed by atoms with Crippen molar-refractivity contribution in [2.45, 2.75) is 65.6 Å². The van der Waals surface area contributed by atoms with Crippen LogP contribution in [-0.2, 0) is 14.3 Å². The summed E-state index contributed by atoms with van der Waals surface area (Å²) in [4.78, 5) is 24.0. The standard InChI is InChI=1S/C14H28N2O3/c1-8-9(2)11(13(18)19-14(4,5)6)16-12(17)10(3)15-7/h9-11,15H,8H2,1-7H3,(H,16,17)/t9-,10-,11-/m0/s1. The Bertz CT molecular complexity index is 310. The lowest BCUT2D eigenvalue weighted by atomic mass is 9.98. The molecule has 3 atom stereocenters. The molecule has 5 nitrogen and oxygen atoms in total. The fraction of sp³-hybridized carbons (Fsp3) is 0.857. The maximum atomic E-state index is 12.1. The Hall–Kier alpha value is -1.10. The lowest BCUT2D eigenvalue weighted by molar-refractivity contribution is -0.160. The van der Waals surface area contributed by atoms with Crippen molar-refractivity contribution in [3.8, 4) is 0 Å². The van der Waals surface area contributed by atoms with Crippen LogP contribution in [0.2, 0.25) is 0 Å². The largest absolute Gasteiger partial charge is 0.458 e. The minimum absolute atomic E-state index is 0.0304. The van der Waals surface area contributed by atoms with Gasteiger partial charge in [-0.1, -0.05) is 20.3 Å². The van der Waals surface area contributed by atoms with Crippen LogP contribution in [0.3, 0.4) is 0 Å². The number of rotatable bonds is 6. The molecule has 2 N–H and O–H groups in total. The summed E-state index contributed by atoms with van der Waals surface area (Å²) in [6, 6.07) is -0.943. The van der Waals surface area contributed by atoms with Crippen molar-refractivity contribution < 1.29 is 14.3 Å². The number of carbonyl (C=O) groups is 2. The fourth-order valence-corrected chi connectivity index (χ4v) is 1.44. The van der Waals surface area contributed by atoms with Crippen LogP contribution in [0.4, 0.5) is 0 Å². The van der Waals surface area contributed by atoms with E-state index >= 15 is 0 Å². The molecule has 0 aliphatic carbocycles. The minimum atomic E-state index is -0.604. The van der Waals surface area contributed by atoms with Gasteiger partial charge < -0.3 is 15.4 Å². The Morgan fingerprint density at radius 3 is 2.11 bits per heavy atom. The van der Waals surface area contributed by atoms with Gasteiger partial charge in [0.15, 0.2) is 0 Å². The average Bonchev–Trinajstić information content (AvgIpc) is 2.31. The third-order valence-corrected chi connectivity index (χ3v) is 3.00. The summed E-state index contributed by atoms with van der Waals surface area (Å²) in [5.41, 5.74) is -0.553. The highest BCUT2D eigenvalue weighted by atomic mass is 16.6. The van der Waals surface area contributed by atoms with Crippen LogP contribution in [0.15, 0.2) is 0 Å². The van der Waals surface area contributed by atoms with Crippen LogP contribution >= 0.6 is 0 Å². The van der Waals surface area contributed by atoms with Gasteiger partial charge >= 0.3 is 5.97 Å². The first kappa shape index (κ1) is 17.9. The van der Waals surface area contributed by atoms with Crippen LogP contribution in [0.25, 0.3) is 0 Å². The highest BCUT2D eigenvalue weighted by Crippen LogP contribution is 2.14. The van der Waals surface area contributed by atoms with E-state index in [9.17, 15) is 9.59 Å². The quantitative estimate of drug-likeness (QED) is 0.719.